The normalized spacial score (nSPS) is 17.2. The van der Waals surface area contributed by atoms with Gasteiger partial charge in [0.2, 0.25) is 0 Å². The Bertz CT molecular complexity index is 367. The highest BCUT2D eigenvalue weighted by molar-refractivity contribution is 5.41. The standard InChI is InChI=1S/C8H12N4O/c1-5-10-7(2-8(13)11-5)12-3-6(9)4-12/h2,6H,3-4,9H2,1H3,(H,10,11,13). The van der Waals surface area contributed by atoms with Crippen LogP contribution in [0.25, 0.3) is 0 Å². The number of anilines is 1. The predicted octanol–water partition coefficient (Wildman–Crippen LogP) is -0.774. The molecule has 0 aromatic carbocycles. The molecular weight excluding hydrogens is 168 g/mol. The fourth-order valence-electron chi connectivity index (χ4n) is 1.43. The summed E-state index contributed by atoms with van der Waals surface area (Å²) in [6.07, 6.45) is 0. The van der Waals surface area contributed by atoms with Gasteiger partial charge in [0, 0.05) is 25.2 Å². The molecule has 1 aliphatic heterocycles. The Kier molecular flexibility index (Phi) is 1.81. The maximum Gasteiger partial charge on any atom is 0.252 e. The molecule has 70 valence electrons. The van der Waals surface area contributed by atoms with Crippen LogP contribution in [0.15, 0.2) is 10.9 Å². The molecular formula is C8H12N4O. The van der Waals surface area contributed by atoms with Gasteiger partial charge in [0.1, 0.15) is 11.6 Å². The molecule has 0 amide bonds. The van der Waals surface area contributed by atoms with Gasteiger partial charge < -0.3 is 15.6 Å². The molecule has 0 radical (unpaired) electrons. The molecule has 0 unspecified atom stereocenters. The molecule has 5 nitrogen and oxygen atoms in total. The number of hydrogen-bond donors (Lipinski definition) is 2. The van der Waals surface area contributed by atoms with Gasteiger partial charge in [-0.05, 0) is 6.92 Å². The molecule has 0 aliphatic carbocycles. The molecule has 1 aliphatic rings. The largest absolute Gasteiger partial charge is 0.353 e. The third-order valence-corrected chi connectivity index (χ3v) is 2.08. The number of nitrogens with zero attached hydrogens (tertiary/aromatic N) is 2. The van der Waals surface area contributed by atoms with Crippen molar-refractivity contribution in [1.29, 1.82) is 0 Å². The maximum absolute atomic E-state index is 11.1. The van der Waals surface area contributed by atoms with Crippen LogP contribution in [-0.2, 0) is 0 Å². The average Bonchev–Trinajstić information content (AvgIpc) is 1.96. The van der Waals surface area contributed by atoms with Crippen LogP contribution in [0.5, 0.6) is 0 Å². The topological polar surface area (TPSA) is 75.0 Å². The van der Waals surface area contributed by atoms with Gasteiger partial charge in [0.05, 0.1) is 0 Å². The van der Waals surface area contributed by atoms with Crippen LogP contribution in [0.3, 0.4) is 0 Å². The van der Waals surface area contributed by atoms with Crippen molar-refractivity contribution < 1.29 is 0 Å². The number of nitrogens with two attached hydrogens (primary N) is 1. The fraction of sp³-hybridized carbons (Fsp3) is 0.500. The van der Waals surface area contributed by atoms with E-state index in [4.69, 9.17) is 5.73 Å². The van der Waals surface area contributed by atoms with Crippen LogP contribution < -0.4 is 16.2 Å². The zero-order valence-corrected chi connectivity index (χ0v) is 7.45. The summed E-state index contributed by atoms with van der Waals surface area (Å²) >= 11 is 0. The molecule has 2 heterocycles. The van der Waals surface area contributed by atoms with Gasteiger partial charge in [-0.3, -0.25) is 4.79 Å². The Labute approximate surface area is 75.6 Å². The van der Waals surface area contributed by atoms with Gasteiger partial charge >= 0.3 is 0 Å². The molecule has 2 rings (SSSR count). The van der Waals surface area contributed by atoms with E-state index in [0.717, 1.165) is 18.9 Å². The van der Waals surface area contributed by atoms with E-state index in [-0.39, 0.29) is 11.6 Å². The van der Waals surface area contributed by atoms with E-state index in [1.807, 2.05) is 4.90 Å². The van der Waals surface area contributed by atoms with Crippen LogP contribution in [0.2, 0.25) is 0 Å². The van der Waals surface area contributed by atoms with Crippen molar-refractivity contribution in [3.05, 3.63) is 22.2 Å². The lowest BCUT2D eigenvalue weighted by atomic mass is 10.1. The molecule has 0 spiro atoms. The van der Waals surface area contributed by atoms with Crippen LogP contribution in [0, 0.1) is 6.92 Å². The molecule has 3 N–H and O–H groups in total. The van der Waals surface area contributed by atoms with E-state index in [1.165, 1.54) is 6.07 Å². The van der Waals surface area contributed by atoms with Gasteiger partial charge in [0.15, 0.2) is 0 Å². The second kappa shape index (κ2) is 2.85. The van der Waals surface area contributed by atoms with Crippen LogP contribution in [-0.4, -0.2) is 29.1 Å². The SMILES string of the molecule is Cc1nc(N2CC(N)C2)cc(=O)[nH]1. The Balaban J connectivity index is 2.26. The van der Waals surface area contributed by atoms with Crippen molar-refractivity contribution >= 4 is 5.82 Å². The Morgan fingerprint density at radius 3 is 2.92 bits per heavy atom. The summed E-state index contributed by atoms with van der Waals surface area (Å²) in [6.45, 7) is 3.34. The van der Waals surface area contributed by atoms with Crippen molar-refractivity contribution in [2.24, 2.45) is 5.73 Å². The molecule has 1 aromatic rings. The van der Waals surface area contributed by atoms with Crippen molar-refractivity contribution in [2.75, 3.05) is 18.0 Å². The molecule has 0 bridgehead atoms. The summed E-state index contributed by atoms with van der Waals surface area (Å²) < 4.78 is 0. The lowest BCUT2D eigenvalue weighted by Crippen LogP contribution is -2.56. The molecule has 1 aromatic heterocycles. The first-order chi connectivity index (χ1) is 6.15. The van der Waals surface area contributed by atoms with E-state index in [0.29, 0.717) is 5.82 Å². The molecule has 0 atom stereocenters. The van der Waals surface area contributed by atoms with Crippen molar-refractivity contribution in [3.8, 4) is 0 Å². The van der Waals surface area contributed by atoms with E-state index < -0.39 is 0 Å². The highest BCUT2D eigenvalue weighted by atomic mass is 16.1. The second-order valence-corrected chi connectivity index (χ2v) is 3.35. The number of H-pyrrole nitrogens is 1. The summed E-state index contributed by atoms with van der Waals surface area (Å²) in [6, 6.07) is 1.72. The molecule has 1 fully saturated rings. The van der Waals surface area contributed by atoms with Crippen LogP contribution in [0.1, 0.15) is 5.82 Å². The number of nitrogens with one attached hydrogen (secondary N) is 1. The van der Waals surface area contributed by atoms with Crippen molar-refractivity contribution in [2.45, 2.75) is 13.0 Å². The number of aryl methyl sites for hydroxylation is 1. The minimum absolute atomic E-state index is 0.108. The second-order valence-electron chi connectivity index (χ2n) is 3.35. The van der Waals surface area contributed by atoms with E-state index in [1.54, 1.807) is 6.92 Å². The first-order valence-corrected chi connectivity index (χ1v) is 4.23. The smallest absolute Gasteiger partial charge is 0.252 e. The Morgan fingerprint density at radius 1 is 1.69 bits per heavy atom. The number of aromatic amines is 1. The maximum atomic E-state index is 11.1. The lowest BCUT2D eigenvalue weighted by molar-refractivity contribution is 0.513. The molecule has 13 heavy (non-hydrogen) atoms. The average molecular weight is 180 g/mol. The van der Waals surface area contributed by atoms with Gasteiger partial charge in [-0.1, -0.05) is 0 Å². The Morgan fingerprint density at radius 2 is 2.38 bits per heavy atom. The first-order valence-electron chi connectivity index (χ1n) is 4.23. The van der Waals surface area contributed by atoms with E-state index in [9.17, 15) is 4.79 Å². The zero-order valence-electron chi connectivity index (χ0n) is 7.45. The van der Waals surface area contributed by atoms with Crippen molar-refractivity contribution in [3.63, 3.8) is 0 Å². The summed E-state index contributed by atoms with van der Waals surface area (Å²) in [5.41, 5.74) is 5.52. The Hall–Kier alpha value is -1.36. The molecule has 5 heteroatoms. The van der Waals surface area contributed by atoms with Crippen LogP contribution >= 0.6 is 0 Å². The van der Waals surface area contributed by atoms with Crippen molar-refractivity contribution in [1.82, 2.24) is 9.97 Å². The fourth-order valence-corrected chi connectivity index (χ4v) is 1.43. The number of hydrogen-bond acceptors (Lipinski definition) is 4. The minimum Gasteiger partial charge on any atom is -0.353 e. The number of aromatic nitrogens is 2. The summed E-state index contributed by atoms with van der Waals surface area (Å²) in [5.74, 6) is 1.37. The first kappa shape index (κ1) is 8.25. The minimum atomic E-state index is -0.108. The van der Waals surface area contributed by atoms with Gasteiger partial charge in [0.25, 0.3) is 5.56 Å². The highest BCUT2D eigenvalue weighted by Gasteiger charge is 2.24. The monoisotopic (exact) mass is 180 g/mol. The summed E-state index contributed by atoms with van der Waals surface area (Å²) in [5, 5.41) is 0. The van der Waals surface area contributed by atoms with E-state index in [2.05, 4.69) is 9.97 Å². The van der Waals surface area contributed by atoms with Gasteiger partial charge in [-0.15, -0.1) is 0 Å². The lowest BCUT2D eigenvalue weighted by Gasteiger charge is -2.37. The van der Waals surface area contributed by atoms with Gasteiger partial charge in [-0.25, -0.2) is 4.98 Å². The summed E-state index contributed by atoms with van der Waals surface area (Å²) in [7, 11) is 0. The van der Waals surface area contributed by atoms with Crippen LogP contribution in [0.4, 0.5) is 5.82 Å². The third-order valence-electron chi connectivity index (χ3n) is 2.08. The summed E-state index contributed by atoms with van der Waals surface area (Å²) in [4.78, 5) is 19.9. The molecule has 1 saturated heterocycles. The quantitative estimate of drug-likeness (QED) is 0.595. The zero-order chi connectivity index (χ0) is 9.42. The van der Waals surface area contributed by atoms with Gasteiger partial charge in [-0.2, -0.15) is 0 Å². The predicted molar refractivity (Wildman–Crippen MR) is 49.8 cm³/mol. The molecule has 0 saturated carbocycles. The van der Waals surface area contributed by atoms with E-state index >= 15 is 0 Å². The number of rotatable bonds is 1. The highest BCUT2D eigenvalue weighted by Crippen LogP contribution is 2.14. The third kappa shape index (κ3) is 1.55.